The van der Waals surface area contributed by atoms with Gasteiger partial charge in [-0.3, -0.25) is 4.79 Å². The number of rotatable bonds is 7. The van der Waals surface area contributed by atoms with Crippen molar-refractivity contribution in [3.05, 3.63) is 47.0 Å². The van der Waals surface area contributed by atoms with E-state index >= 15 is 0 Å². The highest BCUT2D eigenvalue weighted by molar-refractivity contribution is 5.35. The Balaban J connectivity index is 1.30. The zero-order chi connectivity index (χ0) is 15.2. The molecule has 1 aliphatic heterocycles. The summed E-state index contributed by atoms with van der Waals surface area (Å²) in [6, 6.07) is 7.30. The zero-order valence-electron chi connectivity index (χ0n) is 12.7. The number of pyridine rings is 1. The number of hydrogen-bond acceptors (Lipinski definition) is 4. The molecule has 0 aromatic carbocycles. The van der Waals surface area contributed by atoms with Crippen LogP contribution in [0.1, 0.15) is 12.8 Å². The first-order valence-corrected chi connectivity index (χ1v) is 7.95. The number of unbranched alkanes of at least 4 members (excludes halogenated alkanes) is 1. The number of nitrogens with zero attached hydrogens (tertiary/aromatic N) is 3. The van der Waals surface area contributed by atoms with Crippen LogP contribution >= 0.6 is 0 Å². The Bertz CT molecular complexity index is 648. The second-order valence-electron chi connectivity index (χ2n) is 5.79. The molecule has 0 amide bonds. The molecule has 0 aliphatic carbocycles. The molecule has 3 rings (SSSR count). The number of anilines is 1. The van der Waals surface area contributed by atoms with Gasteiger partial charge in [-0.1, -0.05) is 6.07 Å². The number of fused-ring (bicyclic) bond motifs is 1. The van der Waals surface area contributed by atoms with Gasteiger partial charge in [0.2, 0.25) is 5.56 Å². The van der Waals surface area contributed by atoms with Gasteiger partial charge in [-0.05, 0) is 25.5 Å². The van der Waals surface area contributed by atoms with Crippen LogP contribution in [0.2, 0.25) is 0 Å². The lowest BCUT2D eigenvalue weighted by Gasteiger charge is -2.25. The summed E-state index contributed by atoms with van der Waals surface area (Å²) in [5.74, 6) is 1.69. The molecule has 1 aliphatic rings. The molecule has 118 valence electrons. The minimum absolute atomic E-state index is 0.0822. The Kier molecular flexibility index (Phi) is 4.90. The fourth-order valence-corrected chi connectivity index (χ4v) is 2.81. The van der Waals surface area contributed by atoms with Gasteiger partial charge < -0.3 is 15.2 Å². The van der Waals surface area contributed by atoms with E-state index in [1.807, 2.05) is 29.2 Å². The van der Waals surface area contributed by atoms with Crippen molar-refractivity contribution in [2.24, 2.45) is 5.92 Å². The average molecular weight is 301 g/mol. The van der Waals surface area contributed by atoms with E-state index in [9.17, 15) is 4.79 Å². The molecule has 2 aromatic heterocycles. The van der Waals surface area contributed by atoms with E-state index < -0.39 is 0 Å². The van der Waals surface area contributed by atoms with E-state index in [1.165, 1.54) is 0 Å². The molecule has 0 fully saturated rings. The third-order valence-electron chi connectivity index (χ3n) is 4.05. The lowest BCUT2D eigenvalue weighted by Crippen LogP contribution is -2.35. The van der Waals surface area contributed by atoms with Gasteiger partial charge >= 0.3 is 0 Å². The maximum Gasteiger partial charge on any atom is 0.250 e. The minimum Gasteiger partial charge on any atom is -0.370 e. The van der Waals surface area contributed by atoms with Crippen LogP contribution in [0.5, 0.6) is 0 Å². The van der Waals surface area contributed by atoms with Gasteiger partial charge in [-0.15, -0.1) is 0 Å². The lowest BCUT2D eigenvalue weighted by molar-refractivity contribution is 0.389. The van der Waals surface area contributed by atoms with E-state index in [-0.39, 0.29) is 5.56 Å². The van der Waals surface area contributed by atoms with Crippen molar-refractivity contribution in [2.45, 2.75) is 25.9 Å². The predicted octanol–water partition coefficient (Wildman–Crippen LogP) is 1.16. The highest BCUT2D eigenvalue weighted by Crippen LogP contribution is 2.15. The van der Waals surface area contributed by atoms with Crippen LogP contribution in [0.25, 0.3) is 0 Å². The first-order valence-electron chi connectivity index (χ1n) is 7.95. The smallest absolute Gasteiger partial charge is 0.250 e. The quantitative estimate of drug-likeness (QED) is 0.753. The number of nitrogens with one attached hydrogen (secondary N) is 2. The van der Waals surface area contributed by atoms with E-state index in [4.69, 9.17) is 0 Å². The minimum atomic E-state index is 0.0822. The Morgan fingerprint density at radius 3 is 3.18 bits per heavy atom. The fraction of sp³-hybridized carbons (Fsp3) is 0.500. The Morgan fingerprint density at radius 1 is 1.32 bits per heavy atom. The van der Waals surface area contributed by atoms with E-state index in [0.717, 1.165) is 51.4 Å². The molecule has 1 atom stereocenters. The molecule has 0 radical (unpaired) electrons. The average Bonchev–Trinajstić information content (AvgIpc) is 3.00. The number of hydrogen-bond donors (Lipinski definition) is 2. The van der Waals surface area contributed by atoms with E-state index in [1.54, 1.807) is 16.7 Å². The standard InChI is InChI=1S/C16H23N5O/c22-16-5-1-3-9-20(16)10-4-2-7-17-11-14-12-18-15-6-8-19-21(15)13-14/h1,3,5-6,8-9,14,17-18H,2,4,7,10-13H2. The zero-order valence-corrected chi connectivity index (χ0v) is 12.7. The molecule has 0 bridgehead atoms. The van der Waals surface area contributed by atoms with Gasteiger partial charge in [-0.25, -0.2) is 4.68 Å². The molecule has 3 heterocycles. The summed E-state index contributed by atoms with van der Waals surface area (Å²) >= 11 is 0. The van der Waals surface area contributed by atoms with Gasteiger partial charge in [0.25, 0.3) is 0 Å². The van der Waals surface area contributed by atoms with Crippen molar-refractivity contribution in [3.63, 3.8) is 0 Å². The molecule has 0 spiro atoms. The second kappa shape index (κ2) is 7.26. The molecular formula is C16H23N5O. The monoisotopic (exact) mass is 301 g/mol. The Hall–Kier alpha value is -2.08. The fourth-order valence-electron chi connectivity index (χ4n) is 2.81. The summed E-state index contributed by atoms with van der Waals surface area (Å²) in [5, 5.41) is 11.2. The largest absolute Gasteiger partial charge is 0.370 e. The molecular weight excluding hydrogens is 278 g/mol. The topological polar surface area (TPSA) is 63.9 Å². The first kappa shape index (κ1) is 14.8. The van der Waals surface area contributed by atoms with Crippen molar-refractivity contribution >= 4 is 5.82 Å². The van der Waals surface area contributed by atoms with Crippen LogP contribution in [0.3, 0.4) is 0 Å². The van der Waals surface area contributed by atoms with Gasteiger partial charge in [0.1, 0.15) is 5.82 Å². The van der Waals surface area contributed by atoms with Gasteiger partial charge in [0.15, 0.2) is 0 Å². The SMILES string of the molecule is O=c1ccccn1CCCCNCC1CNc2ccnn2C1. The summed E-state index contributed by atoms with van der Waals surface area (Å²) < 4.78 is 3.79. The Labute approximate surface area is 130 Å². The summed E-state index contributed by atoms with van der Waals surface area (Å²) in [7, 11) is 0. The molecule has 0 saturated heterocycles. The van der Waals surface area contributed by atoms with Gasteiger partial charge in [0, 0.05) is 50.4 Å². The van der Waals surface area contributed by atoms with Crippen molar-refractivity contribution in [1.29, 1.82) is 0 Å². The molecule has 0 saturated carbocycles. The van der Waals surface area contributed by atoms with Crippen LogP contribution in [0.4, 0.5) is 5.82 Å². The van der Waals surface area contributed by atoms with Crippen LogP contribution in [0, 0.1) is 5.92 Å². The summed E-state index contributed by atoms with van der Waals surface area (Å²) in [4.78, 5) is 11.6. The third kappa shape index (κ3) is 3.76. The highest BCUT2D eigenvalue weighted by atomic mass is 16.1. The highest BCUT2D eigenvalue weighted by Gasteiger charge is 2.17. The van der Waals surface area contributed by atoms with Crippen molar-refractivity contribution in [1.82, 2.24) is 19.7 Å². The van der Waals surface area contributed by atoms with Gasteiger partial charge in [-0.2, -0.15) is 5.10 Å². The Morgan fingerprint density at radius 2 is 2.27 bits per heavy atom. The van der Waals surface area contributed by atoms with E-state index in [2.05, 4.69) is 15.7 Å². The third-order valence-corrected chi connectivity index (χ3v) is 4.05. The van der Waals surface area contributed by atoms with Crippen LogP contribution < -0.4 is 16.2 Å². The molecule has 2 N–H and O–H groups in total. The van der Waals surface area contributed by atoms with Crippen LogP contribution in [-0.2, 0) is 13.1 Å². The van der Waals surface area contributed by atoms with Gasteiger partial charge in [0.05, 0.1) is 6.20 Å². The lowest BCUT2D eigenvalue weighted by atomic mass is 10.1. The molecule has 6 heteroatoms. The molecule has 6 nitrogen and oxygen atoms in total. The summed E-state index contributed by atoms with van der Waals surface area (Å²) in [5.41, 5.74) is 0.0822. The van der Waals surface area contributed by atoms with E-state index in [0.29, 0.717) is 5.92 Å². The van der Waals surface area contributed by atoms with Crippen LogP contribution in [-0.4, -0.2) is 34.0 Å². The van der Waals surface area contributed by atoms with Crippen molar-refractivity contribution < 1.29 is 0 Å². The predicted molar refractivity (Wildman–Crippen MR) is 87.0 cm³/mol. The van der Waals surface area contributed by atoms with Crippen molar-refractivity contribution in [2.75, 3.05) is 25.0 Å². The normalized spacial score (nSPS) is 17.0. The van der Waals surface area contributed by atoms with Crippen LogP contribution in [0.15, 0.2) is 41.5 Å². The molecule has 1 unspecified atom stereocenters. The summed E-state index contributed by atoms with van der Waals surface area (Å²) in [6.45, 7) is 4.75. The molecule has 2 aromatic rings. The van der Waals surface area contributed by atoms with Crippen molar-refractivity contribution in [3.8, 4) is 0 Å². The summed E-state index contributed by atoms with van der Waals surface area (Å²) in [6.07, 6.45) is 5.78. The second-order valence-corrected chi connectivity index (χ2v) is 5.79. The maximum atomic E-state index is 11.6. The first-order chi connectivity index (χ1) is 10.8. The number of aromatic nitrogens is 3. The number of aryl methyl sites for hydroxylation is 1. The molecule has 22 heavy (non-hydrogen) atoms. The maximum absolute atomic E-state index is 11.6.